The number of nitrogens with zero attached hydrogens (tertiary/aromatic N) is 1. The predicted molar refractivity (Wildman–Crippen MR) is 106 cm³/mol. The fraction of sp³-hybridized carbons (Fsp3) is 0.600. The van der Waals surface area contributed by atoms with E-state index in [1.165, 1.54) is 4.90 Å². The lowest BCUT2D eigenvalue weighted by Crippen LogP contribution is -3.16. The molecule has 0 radical (unpaired) electrons. The van der Waals surface area contributed by atoms with Crippen molar-refractivity contribution in [3.05, 3.63) is 24.3 Å². The van der Waals surface area contributed by atoms with Crippen molar-refractivity contribution in [3.8, 4) is 5.75 Å². The van der Waals surface area contributed by atoms with E-state index in [4.69, 9.17) is 4.74 Å². The number of ether oxygens (including phenoxy) is 1. The first-order chi connectivity index (χ1) is 13.0. The van der Waals surface area contributed by atoms with Gasteiger partial charge >= 0.3 is 0 Å². The van der Waals surface area contributed by atoms with Crippen molar-refractivity contribution in [2.75, 3.05) is 50.8 Å². The van der Waals surface area contributed by atoms with Crippen molar-refractivity contribution < 1.29 is 19.2 Å². The van der Waals surface area contributed by atoms with Crippen LogP contribution in [0.2, 0.25) is 0 Å². The minimum Gasteiger partial charge on any atom is -0.492 e. The second-order valence-electron chi connectivity index (χ2n) is 6.89. The molecule has 1 aliphatic rings. The summed E-state index contributed by atoms with van der Waals surface area (Å²) in [5.41, 5.74) is 1.11. The summed E-state index contributed by atoms with van der Waals surface area (Å²) in [6.45, 7) is 10.9. The summed E-state index contributed by atoms with van der Waals surface area (Å²) in [4.78, 5) is 27.7. The molecule has 1 aromatic rings. The van der Waals surface area contributed by atoms with Gasteiger partial charge in [0, 0.05) is 6.54 Å². The first-order valence-corrected chi connectivity index (χ1v) is 9.92. The summed E-state index contributed by atoms with van der Waals surface area (Å²) in [5.74, 6) is 0.706. The number of carbonyl (C=O) groups excluding carboxylic acids is 2. The van der Waals surface area contributed by atoms with Gasteiger partial charge in [0.15, 0.2) is 6.54 Å². The Morgan fingerprint density at radius 3 is 2.59 bits per heavy atom. The largest absolute Gasteiger partial charge is 0.492 e. The summed E-state index contributed by atoms with van der Waals surface area (Å²) in [7, 11) is 0. The van der Waals surface area contributed by atoms with E-state index in [1.54, 1.807) is 6.92 Å². The molecule has 3 N–H and O–H groups in total. The molecule has 0 saturated carbocycles. The molecule has 1 saturated heterocycles. The summed E-state index contributed by atoms with van der Waals surface area (Å²) in [6, 6.07) is 7.59. The van der Waals surface area contributed by atoms with Crippen LogP contribution in [-0.4, -0.2) is 63.7 Å². The molecule has 27 heavy (non-hydrogen) atoms. The van der Waals surface area contributed by atoms with Crippen molar-refractivity contribution in [1.82, 2.24) is 10.6 Å². The smallest absolute Gasteiger partial charge is 0.275 e. The first kappa shape index (κ1) is 21.0. The third-order valence-corrected chi connectivity index (χ3v) is 4.71. The van der Waals surface area contributed by atoms with E-state index in [2.05, 4.69) is 21.6 Å². The molecule has 2 rings (SSSR count). The number of amides is 2. The van der Waals surface area contributed by atoms with Gasteiger partial charge in [-0.05, 0) is 32.4 Å². The Morgan fingerprint density at radius 2 is 1.93 bits per heavy atom. The van der Waals surface area contributed by atoms with E-state index < -0.39 is 6.04 Å². The number of carbonyl (C=O) groups is 2. The van der Waals surface area contributed by atoms with Gasteiger partial charge in [-0.3, -0.25) is 9.59 Å². The van der Waals surface area contributed by atoms with E-state index in [0.29, 0.717) is 19.7 Å². The van der Waals surface area contributed by atoms with Gasteiger partial charge in [0.2, 0.25) is 5.91 Å². The minimum absolute atomic E-state index is 0.0766. The zero-order valence-corrected chi connectivity index (χ0v) is 16.7. The first-order valence-electron chi connectivity index (χ1n) is 9.92. The van der Waals surface area contributed by atoms with Gasteiger partial charge in [-0.15, -0.1) is 0 Å². The minimum atomic E-state index is -0.497. The van der Waals surface area contributed by atoms with Crippen molar-refractivity contribution >= 4 is 17.5 Å². The molecule has 150 valence electrons. The molecule has 2 amide bonds. The second-order valence-corrected chi connectivity index (χ2v) is 6.89. The van der Waals surface area contributed by atoms with Gasteiger partial charge in [0.1, 0.15) is 11.8 Å². The lowest BCUT2D eigenvalue weighted by molar-refractivity contribution is -0.892. The van der Waals surface area contributed by atoms with Crippen LogP contribution >= 0.6 is 0 Å². The molecule has 0 spiro atoms. The highest BCUT2D eigenvalue weighted by Crippen LogP contribution is 2.27. The fourth-order valence-corrected chi connectivity index (χ4v) is 3.22. The number of rotatable bonds is 9. The van der Waals surface area contributed by atoms with E-state index in [1.807, 2.05) is 32.0 Å². The molecule has 0 bridgehead atoms. The Balaban J connectivity index is 1.79. The molecule has 0 aromatic heterocycles. The molecule has 1 aromatic carbocycles. The van der Waals surface area contributed by atoms with Gasteiger partial charge < -0.3 is 25.2 Å². The molecule has 1 fully saturated rings. The topological polar surface area (TPSA) is 75.1 Å². The van der Waals surface area contributed by atoms with Crippen molar-refractivity contribution in [2.45, 2.75) is 33.2 Å². The number of quaternary nitrogens is 1. The van der Waals surface area contributed by atoms with Crippen molar-refractivity contribution in [1.29, 1.82) is 0 Å². The fourth-order valence-electron chi connectivity index (χ4n) is 3.22. The Morgan fingerprint density at radius 1 is 1.22 bits per heavy atom. The Labute approximate surface area is 162 Å². The van der Waals surface area contributed by atoms with Crippen LogP contribution < -0.4 is 25.2 Å². The summed E-state index contributed by atoms with van der Waals surface area (Å²) < 4.78 is 5.73. The molecule has 0 unspecified atom stereocenters. The highest BCUT2D eigenvalue weighted by molar-refractivity contribution is 5.87. The highest BCUT2D eigenvalue weighted by Gasteiger charge is 2.25. The summed E-state index contributed by atoms with van der Waals surface area (Å²) in [5, 5.41) is 5.60. The average Bonchev–Trinajstić information content (AvgIpc) is 2.67. The number of nitrogens with one attached hydrogen (secondary N) is 3. The normalized spacial score (nSPS) is 15.9. The number of hydrogen-bond acceptors (Lipinski definition) is 4. The SMILES string of the molecule is CCCNC(=O)[C@H](C)NC(=O)C[NH+]1CCN(c2ccccc2OCC)CC1. The molecular formula is C20H33N4O3+. The quantitative estimate of drug-likeness (QED) is 0.558. The molecule has 1 heterocycles. The molecule has 7 heteroatoms. The van der Waals surface area contributed by atoms with Crippen LogP contribution in [0.5, 0.6) is 5.75 Å². The van der Waals surface area contributed by atoms with Crippen molar-refractivity contribution in [3.63, 3.8) is 0 Å². The predicted octanol–water partition coefficient (Wildman–Crippen LogP) is -0.179. The van der Waals surface area contributed by atoms with Gasteiger partial charge in [0.25, 0.3) is 5.91 Å². The van der Waals surface area contributed by atoms with Crippen LogP contribution in [0, 0.1) is 0 Å². The van der Waals surface area contributed by atoms with Crippen LogP contribution in [0.15, 0.2) is 24.3 Å². The van der Waals surface area contributed by atoms with Gasteiger partial charge in [-0.25, -0.2) is 0 Å². The number of benzene rings is 1. The van der Waals surface area contributed by atoms with Crippen LogP contribution in [0.3, 0.4) is 0 Å². The van der Waals surface area contributed by atoms with E-state index in [0.717, 1.165) is 44.0 Å². The lowest BCUT2D eigenvalue weighted by Gasteiger charge is -2.34. The maximum atomic E-state index is 12.2. The zero-order chi connectivity index (χ0) is 19.6. The third-order valence-electron chi connectivity index (χ3n) is 4.71. The zero-order valence-electron chi connectivity index (χ0n) is 16.7. The Hall–Kier alpha value is -2.28. The molecule has 7 nitrogen and oxygen atoms in total. The third kappa shape index (κ3) is 6.43. The number of hydrogen-bond donors (Lipinski definition) is 3. The summed E-state index contributed by atoms with van der Waals surface area (Å²) in [6.07, 6.45) is 0.882. The van der Waals surface area contributed by atoms with Gasteiger partial charge in [-0.2, -0.15) is 0 Å². The van der Waals surface area contributed by atoms with Crippen LogP contribution in [-0.2, 0) is 9.59 Å². The second kappa shape index (κ2) is 10.8. The maximum absolute atomic E-state index is 12.2. The van der Waals surface area contributed by atoms with Crippen molar-refractivity contribution in [2.24, 2.45) is 0 Å². The molecule has 0 aliphatic carbocycles. The highest BCUT2D eigenvalue weighted by atomic mass is 16.5. The average molecular weight is 378 g/mol. The van der Waals surface area contributed by atoms with E-state index in [-0.39, 0.29) is 11.8 Å². The van der Waals surface area contributed by atoms with Crippen LogP contribution in [0.25, 0.3) is 0 Å². The van der Waals surface area contributed by atoms with Gasteiger partial charge in [0.05, 0.1) is 38.5 Å². The van der Waals surface area contributed by atoms with Gasteiger partial charge in [-0.1, -0.05) is 19.1 Å². The van der Waals surface area contributed by atoms with E-state index >= 15 is 0 Å². The number of anilines is 1. The molecule has 1 atom stereocenters. The summed E-state index contributed by atoms with van der Waals surface area (Å²) >= 11 is 0. The Kier molecular flexibility index (Phi) is 8.39. The van der Waals surface area contributed by atoms with E-state index in [9.17, 15) is 9.59 Å². The standard InChI is InChI=1S/C20H32N4O3/c1-4-10-21-20(26)16(3)22-19(25)15-23-11-13-24(14-12-23)17-8-6-7-9-18(17)27-5-2/h6-9,16H,4-5,10-15H2,1-3H3,(H,21,26)(H,22,25)/p+1/t16-/m0/s1. The number of piperazine rings is 1. The number of para-hydroxylation sites is 2. The van der Waals surface area contributed by atoms with Crippen LogP contribution in [0.1, 0.15) is 27.2 Å². The molecular weight excluding hydrogens is 344 g/mol. The Bertz CT molecular complexity index is 615. The lowest BCUT2D eigenvalue weighted by atomic mass is 10.2. The van der Waals surface area contributed by atoms with Crippen LogP contribution in [0.4, 0.5) is 5.69 Å². The maximum Gasteiger partial charge on any atom is 0.275 e. The monoisotopic (exact) mass is 377 g/mol. The molecule has 1 aliphatic heterocycles.